The minimum atomic E-state index is -0.419. The Labute approximate surface area is 138 Å². The number of amides is 2. The van der Waals surface area contributed by atoms with E-state index in [9.17, 15) is 14.4 Å². The zero-order valence-electron chi connectivity index (χ0n) is 12.9. The molecule has 23 heavy (non-hydrogen) atoms. The quantitative estimate of drug-likeness (QED) is 0.609. The fourth-order valence-corrected chi connectivity index (χ4v) is 3.91. The number of thioether (sulfide) groups is 1. The smallest absolute Gasteiger partial charge is 0.324 e. The standard InChI is InChI=1S/C16H18N2O4S/c1-2-22-16(21)13-9-23-8-7-17(13)10-18-14(19)11-5-3-4-6-12(11)15(18)20/h3-6,13H,2,7-10H2,1H3/t13-/m0/s1. The van der Waals surface area contributed by atoms with Crippen LogP contribution in [-0.2, 0) is 9.53 Å². The lowest BCUT2D eigenvalue weighted by molar-refractivity contribution is -0.149. The van der Waals surface area contributed by atoms with Gasteiger partial charge in [-0.1, -0.05) is 12.1 Å². The van der Waals surface area contributed by atoms with E-state index in [0.29, 0.717) is 30.0 Å². The molecule has 2 aliphatic heterocycles. The largest absolute Gasteiger partial charge is 0.465 e. The first-order valence-electron chi connectivity index (χ1n) is 7.57. The predicted octanol–water partition coefficient (Wildman–Crippen LogP) is 1.22. The number of esters is 1. The Morgan fingerprint density at radius 3 is 2.52 bits per heavy atom. The van der Waals surface area contributed by atoms with Crippen LogP contribution in [0.5, 0.6) is 0 Å². The van der Waals surface area contributed by atoms with Crippen molar-refractivity contribution in [2.45, 2.75) is 13.0 Å². The summed E-state index contributed by atoms with van der Waals surface area (Å²) in [7, 11) is 0. The first-order chi connectivity index (χ1) is 11.1. The van der Waals surface area contributed by atoms with E-state index in [-0.39, 0.29) is 24.5 Å². The van der Waals surface area contributed by atoms with Crippen molar-refractivity contribution in [1.82, 2.24) is 9.80 Å². The van der Waals surface area contributed by atoms with E-state index in [0.717, 1.165) is 5.75 Å². The van der Waals surface area contributed by atoms with Crippen LogP contribution in [0.4, 0.5) is 0 Å². The third-order valence-corrected chi connectivity index (χ3v) is 5.02. The Morgan fingerprint density at radius 1 is 1.26 bits per heavy atom. The molecular formula is C16H18N2O4S. The van der Waals surface area contributed by atoms with Crippen molar-refractivity contribution in [2.75, 3.05) is 31.3 Å². The highest BCUT2D eigenvalue weighted by Crippen LogP contribution is 2.25. The number of fused-ring (bicyclic) bond motifs is 1. The Morgan fingerprint density at radius 2 is 1.91 bits per heavy atom. The molecule has 0 saturated carbocycles. The molecule has 2 heterocycles. The molecule has 0 N–H and O–H groups in total. The molecule has 1 saturated heterocycles. The summed E-state index contributed by atoms with van der Waals surface area (Å²) in [6, 6.07) is 6.38. The fraction of sp³-hybridized carbons (Fsp3) is 0.438. The van der Waals surface area contributed by atoms with E-state index in [4.69, 9.17) is 4.74 Å². The Hall–Kier alpha value is -1.86. The van der Waals surface area contributed by atoms with Crippen molar-refractivity contribution < 1.29 is 19.1 Å². The highest BCUT2D eigenvalue weighted by atomic mass is 32.2. The summed E-state index contributed by atoms with van der Waals surface area (Å²) < 4.78 is 5.11. The van der Waals surface area contributed by atoms with Gasteiger partial charge in [0.15, 0.2) is 0 Å². The van der Waals surface area contributed by atoms with Gasteiger partial charge < -0.3 is 4.74 Å². The van der Waals surface area contributed by atoms with Crippen LogP contribution in [0.25, 0.3) is 0 Å². The monoisotopic (exact) mass is 334 g/mol. The first-order valence-corrected chi connectivity index (χ1v) is 8.72. The van der Waals surface area contributed by atoms with E-state index in [1.165, 1.54) is 4.90 Å². The van der Waals surface area contributed by atoms with Gasteiger partial charge in [-0.25, -0.2) is 0 Å². The van der Waals surface area contributed by atoms with Crippen LogP contribution in [-0.4, -0.2) is 65.0 Å². The van der Waals surface area contributed by atoms with Gasteiger partial charge in [-0.15, -0.1) is 0 Å². The summed E-state index contributed by atoms with van der Waals surface area (Å²) in [5, 5.41) is 0. The Balaban J connectivity index is 1.77. The number of carbonyl (C=O) groups is 3. The zero-order valence-corrected chi connectivity index (χ0v) is 13.7. The van der Waals surface area contributed by atoms with Crippen molar-refractivity contribution in [3.05, 3.63) is 35.4 Å². The average Bonchev–Trinajstić information content (AvgIpc) is 2.81. The molecule has 6 nitrogen and oxygen atoms in total. The minimum absolute atomic E-state index is 0.121. The molecule has 1 atom stereocenters. The third kappa shape index (κ3) is 2.98. The summed E-state index contributed by atoms with van der Waals surface area (Å²) in [5.41, 5.74) is 0.855. The number of hydrogen-bond acceptors (Lipinski definition) is 6. The number of ether oxygens (including phenoxy) is 1. The molecule has 1 aromatic rings. The van der Waals surface area contributed by atoms with Gasteiger partial charge in [0.05, 0.1) is 24.4 Å². The minimum Gasteiger partial charge on any atom is -0.465 e. The molecule has 122 valence electrons. The molecular weight excluding hydrogens is 316 g/mol. The zero-order chi connectivity index (χ0) is 16.4. The van der Waals surface area contributed by atoms with Crippen molar-refractivity contribution in [3.8, 4) is 0 Å². The summed E-state index contributed by atoms with van der Waals surface area (Å²) >= 11 is 1.68. The van der Waals surface area contributed by atoms with E-state index < -0.39 is 6.04 Å². The number of imide groups is 1. The van der Waals surface area contributed by atoms with Gasteiger partial charge in [0.1, 0.15) is 6.04 Å². The molecule has 3 rings (SSSR count). The van der Waals surface area contributed by atoms with Gasteiger partial charge in [-0.3, -0.25) is 24.2 Å². The Bertz CT molecular complexity index is 614. The van der Waals surface area contributed by atoms with Gasteiger partial charge in [0.2, 0.25) is 0 Å². The molecule has 7 heteroatoms. The van der Waals surface area contributed by atoms with Crippen LogP contribution in [0, 0.1) is 0 Å². The highest BCUT2D eigenvalue weighted by molar-refractivity contribution is 7.99. The average molecular weight is 334 g/mol. The summed E-state index contributed by atoms with van der Waals surface area (Å²) in [6.45, 7) is 2.85. The number of carbonyl (C=O) groups excluding carboxylic acids is 3. The topological polar surface area (TPSA) is 66.9 Å². The summed E-state index contributed by atoms with van der Waals surface area (Å²) in [5.74, 6) is 0.579. The molecule has 0 spiro atoms. The number of hydrogen-bond donors (Lipinski definition) is 0. The highest BCUT2D eigenvalue weighted by Gasteiger charge is 2.39. The van der Waals surface area contributed by atoms with E-state index in [2.05, 4.69) is 0 Å². The van der Waals surface area contributed by atoms with E-state index in [1.807, 2.05) is 4.90 Å². The second-order valence-electron chi connectivity index (χ2n) is 5.38. The summed E-state index contributed by atoms with van der Waals surface area (Å²) in [4.78, 5) is 40.1. The van der Waals surface area contributed by atoms with Crippen LogP contribution in [0.15, 0.2) is 24.3 Å². The van der Waals surface area contributed by atoms with E-state index >= 15 is 0 Å². The first kappa shape index (κ1) is 16.0. The molecule has 2 aliphatic rings. The maximum atomic E-state index is 12.4. The number of nitrogens with zero attached hydrogens (tertiary/aromatic N) is 2. The third-order valence-electron chi connectivity index (χ3n) is 4.00. The molecule has 0 radical (unpaired) electrons. The van der Waals surface area contributed by atoms with Crippen LogP contribution in [0.2, 0.25) is 0 Å². The molecule has 0 aromatic heterocycles. The van der Waals surface area contributed by atoms with Crippen LogP contribution >= 0.6 is 11.8 Å². The van der Waals surface area contributed by atoms with Crippen molar-refractivity contribution in [2.24, 2.45) is 0 Å². The van der Waals surface area contributed by atoms with Crippen LogP contribution in [0.3, 0.4) is 0 Å². The SMILES string of the molecule is CCOC(=O)[C@@H]1CSCCN1CN1C(=O)c2ccccc2C1=O. The molecule has 2 amide bonds. The van der Waals surface area contributed by atoms with E-state index in [1.54, 1.807) is 43.0 Å². The summed E-state index contributed by atoms with van der Waals surface area (Å²) in [6.07, 6.45) is 0. The lowest BCUT2D eigenvalue weighted by atomic mass is 10.1. The molecule has 0 bridgehead atoms. The molecule has 1 aromatic carbocycles. The second-order valence-corrected chi connectivity index (χ2v) is 6.53. The van der Waals surface area contributed by atoms with Gasteiger partial charge in [0.25, 0.3) is 11.8 Å². The molecule has 0 aliphatic carbocycles. The van der Waals surface area contributed by atoms with Crippen LogP contribution in [0.1, 0.15) is 27.6 Å². The van der Waals surface area contributed by atoms with Gasteiger partial charge in [0, 0.05) is 18.1 Å². The molecule has 0 unspecified atom stereocenters. The van der Waals surface area contributed by atoms with Gasteiger partial charge >= 0.3 is 5.97 Å². The lowest BCUT2D eigenvalue weighted by Crippen LogP contribution is -2.53. The normalized spacial score (nSPS) is 21.4. The second kappa shape index (κ2) is 6.72. The van der Waals surface area contributed by atoms with Gasteiger partial charge in [-0.05, 0) is 19.1 Å². The van der Waals surface area contributed by atoms with Crippen LogP contribution < -0.4 is 0 Å². The molecule has 1 fully saturated rings. The van der Waals surface area contributed by atoms with Gasteiger partial charge in [-0.2, -0.15) is 11.8 Å². The maximum absolute atomic E-state index is 12.4. The number of benzene rings is 1. The number of rotatable bonds is 4. The van der Waals surface area contributed by atoms with Crippen molar-refractivity contribution in [3.63, 3.8) is 0 Å². The van der Waals surface area contributed by atoms with Crippen molar-refractivity contribution >= 4 is 29.5 Å². The fourth-order valence-electron chi connectivity index (χ4n) is 2.81. The Kier molecular flexibility index (Phi) is 4.68. The lowest BCUT2D eigenvalue weighted by Gasteiger charge is -2.35. The van der Waals surface area contributed by atoms with Crippen molar-refractivity contribution in [1.29, 1.82) is 0 Å². The maximum Gasteiger partial charge on any atom is 0.324 e. The predicted molar refractivity (Wildman–Crippen MR) is 86.3 cm³/mol.